The molecule has 1 aliphatic rings. The van der Waals surface area contributed by atoms with E-state index in [9.17, 15) is 4.79 Å². The van der Waals surface area contributed by atoms with Crippen LogP contribution in [0.1, 0.15) is 31.2 Å². The summed E-state index contributed by atoms with van der Waals surface area (Å²) in [5.74, 6) is 0.00654. The van der Waals surface area contributed by atoms with E-state index in [1.54, 1.807) is 7.11 Å². The van der Waals surface area contributed by atoms with Gasteiger partial charge in [0.1, 0.15) is 0 Å². The predicted octanol–water partition coefficient (Wildman–Crippen LogP) is 2.09. The molecule has 0 atom stereocenters. The van der Waals surface area contributed by atoms with Crippen molar-refractivity contribution in [3.8, 4) is 0 Å². The van der Waals surface area contributed by atoms with Crippen LogP contribution in [0.15, 0.2) is 24.3 Å². The van der Waals surface area contributed by atoms with Gasteiger partial charge in [-0.15, -0.1) is 0 Å². The van der Waals surface area contributed by atoms with Gasteiger partial charge in [-0.1, -0.05) is 18.2 Å². The van der Waals surface area contributed by atoms with Crippen LogP contribution in [0.4, 0.5) is 5.69 Å². The topological polar surface area (TPSA) is 64.3 Å². The number of amides is 1. The molecule has 1 amide bonds. The standard InChI is InChI=1S/C15H22N2O2/c1-19-10-7-12-5-2-3-6-13(12)17-14(18)11-15(16)8-4-9-15/h2-3,5-6H,4,7-11,16H2,1H3,(H,17,18). The molecular weight excluding hydrogens is 240 g/mol. The quantitative estimate of drug-likeness (QED) is 0.825. The Hall–Kier alpha value is -1.39. The Morgan fingerprint density at radius 2 is 2.16 bits per heavy atom. The van der Waals surface area contributed by atoms with E-state index in [1.807, 2.05) is 24.3 Å². The van der Waals surface area contributed by atoms with Crippen LogP contribution in [0.5, 0.6) is 0 Å². The fourth-order valence-electron chi connectivity index (χ4n) is 2.39. The third-order valence-corrected chi connectivity index (χ3v) is 3.73. The number of anilines is 1. The van der Waals surface area contributed by atoms with Gasteiger partial charge in [0.2, 0.25) is 5.91 Å². The lowest BCUT2D eigenvalue weighted by Crippen LogP contribution is -2.48. The summed E-state index contributed by atoms with van der Waals surface area (Å²) in [7, 11) is 1.68. The highest BCUT2D eigenvalue weighted by Crippen LogP contribution is 2.32. The first kappa shape index (κ1) is 14.0. The Labute approximate surface area is 114 Å². The van der Waals surface area contributed by atoms with Gasteiger partial charge in [0, 0.05) is 24.8 Å². The molecule has 3 N–H and O–H groups in total. The third-order valence-electron chi connectivity index (χ3n) is 3.73. The zero-order chi connectivity index (χ0) is 13.7. The molecule has 0 heterocycles. The molecule has 1 saturated carbocycles. The van der Waals surface area contributed by atoms with Crippen molar-refractivity contribution in [2.45, 2.75) is 37.6 Å². The summed E-state index contributed by atoms with van der Waals surface area (Å²) < 4.78 is 5.08. The summed E-state index contributed by atoms with van der Waals surface area (Å²) in [6, 6.07) is 7.83. The molecule has 0 radical (unpaired) electrons. The second-order valence-electron chi connectivity index (χ2n) is 5.34. The van der Waals surface area contributed by atoms with Gasteiger partial charge in [0.05, 0.1) is 6.61 Å². The monoisotopic (exact) mass is 262 g/mol. The summed E-state index contributed by atoms with van der Waals surface area (Å²) in [6.45, 7) is 0.647. The highest BCUT2D eigenvalue weighted by atomic mass is 16.5. The molecule has 0 unspecified atom stereocenters. The molecule has 1 aromatic carbocycles. The molecule has 4 nitrogen and oxygen atoms in total. The number of para-hydroxylation sites is 1. The van der Waals surface area contributed by atoms with Crippen molar-refractivity contribution in [2.24, 2.45) is 5.73 Å². The van der Waals surface area contributed by atoms with Gasteiger partial charge in [-0.2, -0.15) is 0 Å². The average Bonchev–Trinajstić information content (AvgIpc) is 2.36. The van der Waals surface area contributed by atoms with Crippen molar-refractivity contribution in [1.29, 1.82) is 0 Å². The maximum Gasteiger partial charge on any atom is 0.226 e. The van der Waals surface area contributed by atoms with E-state index in [2.05, 4.69) is 5.32 Å². The Balaban J connectivity index is 1.95. The first-order valence-corrected chi connectivity index (χ1v) is 6.78. The highest BCUT2D eigenvalue weighted by Gasteiger charge is 2.34. The molecule has 0 aromatic heterocycles. The van der Waals surface area contributed by atoms with E-state index in [4.69, 9.17) is 10.5 Å². The number of ether oxygens (including phenoxy) is 1. The number of rotatable bonds is 6. The number of carbonyl (C=O) groups excluding carboxylic acids is 1. The zero-order valence-corrected chi connectivity index (χ0v) is 11.4. The zero-order valence-electron chi connectivity index (χ0n) is 11.4. The van der Waals surface area contributed by atoms with Gasteiger partial charge in [-0.3, -0.25) is 4.79 Å². The van der Waals surface area contributed by atoms with E-state index < -0.39 is 0 Å². The van der Waals surface area contributed by atoms with Crippen molar-refractivity contribution >= 4 is 11.6 Å². The summed E-state index contributed by atoms with van der Waals surface area (Å²) in [6.07, 6.45) is 4.23. The van der Waals surface area contributed by atoms with E-state index >= 15 is 0 Å². The largest absolute Gasteiger partial charge is 0.384 e. The highest BCUT2D eigenvalue weighted by molar-refractivity contribution is 5.92. The minimum absolute atomic E-state index is 0.00654. The Bertz CT molecular complexity index is 442. The maximum absolute atomic E-state index is 12.0. The first-order chi connectivity index (χ1) is 9.13. The summed E-state index contributed by atoms with van der Waals surface area (Å²) >= 11 is 0. The number of methoxy groups -OCH3 is 1. The Morgan fingerprint density at radius 1 is 1.42 bits per heavy atom. The lowest BCUT2D eigenvalue weighted by atomic mass is 9.75. The minimum Gasteiger partial charge on any atom is -0.384 e. The summed E-state index contributed by atoms with van der Waals surface area (Å²) in [4.78, 5) is 12.0. The van der Waals surface area contributed by atoms with Crippen molar-refractivity contribution in [3.63, 3.8) is 0 Å². The van der Waals surface area contributed by atoms with Crippen LogP contribution in [-0.4, -0.2) is 25.2 Å². The van der Waals surface area contributed by atoms with Crippen LogP contribution < -0.4 is 11.1 Å². The number of hydrogen-bond acceptors (Lipinski definition) is 3. The molecule has 0 bridgehead atoms. The van der Waals surface area contributed by atoms with Gasteiger partial charge in [-0.05, 0) is 37.3 Å². The van der Waals surface area contributed by atoms with Gasteiger partial charge in [-0.25, -0.2) is 0 Å². The second kappa shape index (κ2) is 6.17. The second-order valence-corrected chi connectivity index (χ2v) is 5.34. The third kappa shape index (κ3) is 3.78. The van der Waals surface area contributed by atoms with Crippen molar-refractivity contribution in [1.82, 2.24) is 0 Å². The molecule has 4 heteroatoms. The summed E-state index contributed by atoms with van der Waals surface area (Å²) in [5, 5.41) is 2.97. The fraction of sp³-hybridized carbons (Fsp3) is 0.533. The van der Waals surface area contributed by atoms with Crippen molar-refractivity contribution in [2.75, 3.05) is 19.0 Å². The molecule has 1 aromatic rings. The Kier molecular flexibility index (Phi) is 4.56. The molecule has 1 aliphatic carbocycles. The molecule has 104 valence electrons. The molecule has 0 aliphatic heterocycles. The number of benzene rings is 1. The number of carbonyl (C=O) groups is 1. The molecule has 2 rings (SSSR count). The van der Waals surface area contributed by atoms with Gasteiger partial charge < -0.3 is 15.8 Å². The summed E-state index contributed by atoms with van der Waals surface area (Å²) in [5.41, 5.74) is 7.79. The fourth-order valence-corrected chi connectivity index (χ4v) is 2.39. The average molecular weight is 262 g/mol. The van der Waals surface area contributed by atoms with E-state index in [0.29, 0.717) is 13.0 Å². The lowest BCUT2D eigenvalue weighted by Gasteiger charge is -2.37. The molecule has 0 spiro atoms. The molecule has 0 saturated heterocycles. The van der Waals surface area contributed by atoms with Gasteiger partial charge in [0.25, 0.3) is 0 Å². The van der Waals surface area contributed by atoms with Crippen molar-refractivity contribution < 1.29 is 9.53 Å². The maximum atomic E-state index is 12.0. The Morgan fingerprint density at radius 3 is 2.79 bits per heavy atom. The SMILES string of the molecule is COCCc1ccccc1NC(=O)CC1(N)CCC1. The predicted molar refractivity (Wildman–Crippen MR) is 76.0 cm³/mol. The molecule has 19 heavy (non-hydrogen) atoms. The van der Waals surface area contributed by atoms with Crippen LogP contribution in [0.3, 0.4) is 0 Å². The molecular formula is C15H22N2O2. The smallest absolute Gasteiger partial charge is 0.226 e. The van der Waals surface area contributed by atoms with Crippen molar-refractivity contribution in [3.05, 3.63) is 29.8 Å². The molecule has 1 fully saturated rings. The minimum atomic E-state index is -0.272. The van der Waals surface area contributed by atoms with Crippen LogP contribution in [0.25, 0.3) is 0 Å². The van der Waals surface area contributed by atoms with E-state index in [1.165, 1.54) is 0 Å². The van der Waals surface area contributed by atoms with E-state index in [-0.39, 0.29) is 11.4 Å². The van der Waals surface area contributed by atoms with Crippen LogP contribution in [0, 0.1) is 0 Å². The van der Waals surface area contributed by atoms with E-state index in [0.717, 1.165) is 36.9 Å². The number of nitrogens with two attached hydrogens (primary N) is 1. The van der Waals surface area contributed by atoms with Crippen LogP contribution in [-0.2, 0) is 16.0 Å². The number of nitrogens with one attached hydrogen (secondary N) is 1. The number of hydrogen-bond donors (Lipinski definition) is 2. The first-order valence-electron chi connectivity index (χ1n) is 6.78. The van der Waals surface area contributed by atoms with Gasteiger partial charge >= 0.3 is 0 Å². The normalized spacial score (nSPS) is 16.7. The van der Waals surface area contributed by atoms with Gasteiger partial charge in [0.15, 0.2) is 0 Å². The van der Waals surface area contributed by atoms with Crippen LogP contribution >= 0.6 is 0 Å². The van der Waals surface area contributed by atoms with Crippen LogP contribution in [0.2, 0.25) is 0 Å². The lowest BCUT2D eigenvalue weighted by molar-refractivity contribution is -0.118.